The van der Waals surface area contributed by atoms with Gasteiger partial charge in [0.2, 0.25) is 0 Å². The Morgan fingerprint density at radius 1 is 1.06 bits per heavy atom. The van der Waals surface area contributed by atoms with Gasteiger partial charge in [-0.2, -0.15) is 5.26 Å². The number of esters is 2. The zero-order valence-corrected chi connectivity index (χ0v) is 17.8. The number of allylic oxidation sites excluding steroid dienone is 1. The van der Waals surface area contributed by atoms with E-state index in [1.807, 2.05) is 6.07 Å². The van der Waals surface area contributed by atoms with Gasteiger partial charge < -0.3 is 20.3 Å². The van der Waals surface area contributed by atoms with Crippen molar-refractivity contribution in [1.82, 2.24) is 0 Å². The van der Waals surface area contributed by atoms with Crippen LogP contribution in [0, 0.1) is 23.0 Å². The molecule has 0 saturated heterocycles. The number of hydrogen-bond donors (Lipinski definition) is 2. The summed E-state index contributed by atoms with van der Waals surface area (Å²) in [4.78, 5) is 38.4. The van der Waals surface area contributed by atoms with Gasteiger partial charge in [-0.05, 0) is 11.6 Å². The van der Waals surface area contributed by atoms with Crippen LogP contribution < -0.4 is 10.6 Å². The van der Waals surface area contributed by atoms with Crippen LogP contribution in [0.15, 0.2) is 65.1 Å². The van der Waals surface area contributed by atoms with Crippen molar-refractivity contribution < 1.29 is 37.7 Å². The predicted molar refractivity (Wildman–Crippen MR) is 113 cm³/mol. The number of ether oxygens (including phenoxy) is 2. The van der Waals surface area contributed by atoms with Crippen LogP contribution in [0.4, 0.5) is 14.5 Å². The number of nitrogens with two attached hydrogens (primary N) is 1. The number of methoxy groups -OCH3 is 2. The van der Waals surface area contributed by atoms with Crippen molar-refractivity contribution in [1.29, 1.82) is 5.26 Å². The van der Waals surface area contributed by atoms with Gasteiger partial charge in [0.15, 0.2) is 11.6 Å². The average molecular weight is 469 g/mol. The fraction of sp³-hybridized carbons (Fsp3) is 0.130. The Labute approximate surface area is 191 Å². The zero-order chi connectivity index (χ0) is 25.2. The molecule has 2 aromatic rings. The minimum atomic E-state index is -1.69. The molecule has 174 valence electrons. The molecule has 0 radical (unpaired) electrons. The van der Waals surface area contributed by atoms with Crippen LogP contribution in [-0.2, 0) is 19.1 Å². The second kappa shape index (κ2) is 9.41. The molecule has 1 heterocycles. The third kappa shape index (κ3) is 3.93. The normalized spacial score (nSPS) is 15.6. The van der Waals surface area contributed by atoms with Crippen molar-refractivity contribution in [3.05, 3.63) is 87.9 Å². The van der Waals surface area contributed by atoms with E-state index in [1.165, 1.54) is 0 Å². The first kappa shape index (κ1) is 23.9. The fourth-order valence-electron chi connectivity index (χ4n) is 3.66. The topological polar surface area (TPSA) is 143 Å². The van der Waals surface area contributed by atoms with Crippen molar-refractivity contribution in [3.8, 4) is 6.07 Å². The summed E-state index contributed by atoms with van der Waals surface area (Å²) in [5, 5.41) is 19.5. The highest BCUT2D eigenvalue weighted by molar-refractivity contribution is 6.08. The summed E-state index contributed by atoms with van der Waals surface area (Å²) in [6, 6.07) is 10.8. The Balaban J connectivity index is 2.51. The lowest BCUT2D eigenvalue weighted by molar-refractivity contribution is -0.139. The van der Waals surface area contributed by atoms with Gasteiger partial charge in [0.25, 0.3) is 0 Å². The molecule has 1 atom stereocenters. The minimum Gasteiger partial charge on any atom is -0.478 e. The van der Waals surface area contributed by atoms with Gasteiger partial charge in [0.05, 0.1) is 48.6 Å². The van der Waals surface area contributed by atoms with Gasteiger partial charge in [-0.25, -0.2) is 23.2 Å². The predicted octanol–water partition coefficient (Wildman–Crippen LogP) is 2.56. The molecule has 1 aliphatic rings. The molecule has 0 saturated carbocycles. The molecular formula is C23H17F2N3O6. The molecule has 2 aromatic carbocycles. The molecule has 0 fully saturated rings. The van der Waals surface area contributed by atoms with Crippen molar-refractivity contribution >= 4 is 23.6 Å². The van der Waals surface area contributed by atoms with Crippen LogP contribution in [0.5, 0.6) is 0 Å². The third-order valence-corrected chi connectivity index (χ3v) is 5.12. The Hall–Kier alpha value is -4.72. The van der Waals surface area contributed by atoms with Gasteiger partial charge >= 0.3 is 17.9 Å². The molecule has 0 aliphatic carbocycles. The summed E-state index contributed by atoms with van der Waals surface area (Å²) >= 11 is 0. The van der Waals surface area contributed by atoms with Crippen molar-refractivity contribution in [2.24, 2.45) is 5.73 Å². The van der Waals surface area contributed by atoms with Crippen LogP contribution in [-0.4, -0.2) is 37.2 Å². The molecule has 11 heteroatoms. The molecule has 3 N–H and O–H groups in total. The van der Waals surface area contributed by atoms with Gasteiger partial charge in [-0.15, -0.1) is 0 Å². The largest absolute Gasteiger partial charge is 0.478 e. The number of carboxylic acids is 1. The van der Waals surface area contributed by atoms with E-state index in [2.05, 4.69) is 0 Å². The molecule has 1 aliphatic heterocycles. The average Bonchev–Trinajstić information content (AvgIpc) is 2.84. The van der Waals surface area contributed by atoms with Crippen LogP contribution in [0.1, 0.15) is 21.8 Å². The van der Waals surface area contributed by atoms with Crippen LogP contribution >= 0.6 is 0 Å². The number of benzene rings is 2. The molecular weight excluding hydrogens is 452 g/mol. The highest BCUT2D eigenvalue weighted by atomic mass is 19.2. The van der Waals surface area contributed by atoms with Gasteiger partial charge in [0.1, 0.15) is 11.5 Å². The maximum Gasteiger partial charge on any atom is 0.355 e. The molecule has 34 heavy (non-hydrogen) atoms. The number of carbonyl (C=O) groups excluding carboxylic acids is 2. The summed E-state index contributed by atoms with van der Waals surface area (Å²) in [5.41, 5.74) is 3.91. The summed E-state index contributed by atoms with van der Waals surface area (Å²) in [5.74, 6) is -8.53. The minimum absolute atomic E-state index is 0.264. The number of halogens is 2. The van der Waals surface area contributed by atoms with E-state index < -0.39 is 63.8 Å². The van der Waals surface area contributed by atoms with Gasteiger partial charge in [-0.3, -0.25) is 4.90 Å². The number of carboxylic acid groups (broad SMARTS) is 1. The Bertz CT molecular complexity index is 1300. The third-order valence-electron chi connectivity index (χ3n) is 5.12. The summed E-state index contributed by atoms with van der Waals surface area (Å²) in [7, 11) is 2.02. The van der Waals surface area contributed by atoms with Crippen LogP contribution in [0.3, 0.4) is 0 Å². The van der Waals surface area contributed by atoms with E-state index in [1.54, 1.807) is 30.3 Å². The smallest absolute Gasteiger partial charge is 0.355 e. The summed E-state index contributed by atoms with van der Waals surface area (Å²) in [6.45, 7) is 0. The number of hydrogen-bond acceptors (Lipinski definition) is 8. The maximum absolute atomic E-state index is 14.2. The first-order valence-electron chi connectivity index (χ1n) is 9.55. The Morgan fingerprint density at radius 2 is 1.65 bits per heavy atom. The molecule has 0 spiro atoms. The van der Waals surface area contributed by atoms with Crippen LogP contribution in [0.25, 0.3) is 0 Å². The Kier molecular flexibility index (Phi) is 6.63. The maximum atomic E-state index is 14.2. The molecule has 0 aromatic heterocycles. The number of nitriles is 1. The van der Waals surface area contributed by atoms with E-state index in [9.17, 15) is 33.5 Å². The van der Waals surface area contributed by atoms with E-state index in [0.29, 0.717) is 22.6 Å². The molecule has 1 unspecified atom stereocenters. The standard InChI is InChI=1S/C23H17F2N3O6/c1-33-22(31)18-17(11-6-4-3-5-7-11)13(10-26)20(27)28(19(18)23(32)34-2)16-9-15(25)14(24)8-12(16)21(29)30/h3-9,17H,27H2,1-2H3,(H,29,30). The van der Waals surface area contributed by atoms with Crippen molar-refractivity contribution in [3.63, 3.8) is 0 Å². The van der Waals surface area contributed by atoms with Crippen molar-refractivity contribution in [2.45, 2.75) is 5.92 Å². The van der Waals surface area contributed by atoms with Gasteiger partial charge in [0, 0.05) is 6.07 Å². The molecule has 0 amide bonds. The number of carbonyl (C=O) groups is 3. The molecule has 3 rings (SSSR count). The van der Waals surface area contributed by atoms with E-state index in [0.717, 1.165) is 14.2 Å². The number of nitrogens with zero attached hydrogens (tertiary/aromatic N) is 2. The fourth-order valence-corrected chi connectivity index (χ4v) is 3.66. The first-order chi connectivity index (χ1) is 16.2. The Morgan fingerprint density at radius 3 is 2.18 bits per heavy atom. The van der Waals surface area contributed by atoms with E-state index in [-0.39, 0.29) is 5.57 Å². The highest BCUT2D eigenvalue weighted by Crippen LogP contribution is 2.44. The monoisotopic (exact) mass is 469 g/mol. The number of anilines is 1. The number of rotatable bonds is 5. The SMILES string of the molecule is COC(=O)C1=C(C(=O)OC)N(c2cc(F)c(F)cc2C(=O)O)C(N)=C(C#N)C1c1ccccc1. The zero-order valence-electron chi connectivity index (χ0n) is 17.8. The lowest BCUT2D eigenvalue weighted by atomic mass is 9.80. The second-order valence-corrected chi connectivity index (χ2v) is 6.92. The quantitative estimate of drug-likeness (QED) is 0.632. The molecule has 9 nitrogen and oxygen atoms in total. The van der Waals surface area contributed by atoms with E-state index >= 15 is 0 Å². The van der Waals surface area contributed by atoms with Gasteiger partial charge in [-0.1, -0.05) is 30.3 Å². The second-order valence-electron chi connectivity index (χ2n) is 6.92. The first-order valence-corrected chi connectivity index (χ1v) is 9.55. The summed E-state index contributed by atoms with van der Waals surface area (Å²) < 4.78 is 37.7. The lowest BCUT2D eigenvalue weighted by Gasteiger charge is -2.36. The highest BCUT2D eigenvalue weighted by Gasteiger charge is 2.44. The lowest BCUT2D eigenvalue weighted by Crippen LogP contribution is -2.41. The van der Waals surface area contributed by atoms with Crippen LogP contribution in [0.2, 0.25) is 0 Å². The molecule has 0 bridgehead atoms. The van der Waals surface area contributed by atoms with Crippen molar-refractivity contribution in [2.75, 3.05) is 19.1 Å². The van der Waals surface area contributed by atoms with E-state index in [4.69, 9.17) is 15.2 Å². The number of aromatic carboxylic acids is 1. The summed E-state index contributed by atoms with van der Waals surface area (Å²) in [6.07, 6.45) is 0.